The summed E-state index contributed by atoms with van der Waals surface area (Å²) in [5.41, 5.74) is 1.26. The van der Waals surface area contributed by atoms with Crippen molar-refractivity contribution in [2.24, 2.45) is 0 Å². The van der Waals surface area contributed by atoms with E-state index in [1.165, 1.54) is 9.08 Å². The van der Waals surface area contributed by atoms with Crippen LogP contribution in [0.15, 0.2) is 23.1 Å². The number of carbonyl (C=O) groups is 1. The van der Waals surface area contributed by atoms with E-state index in [-0.39, 0.29) is 18.0 Å². The minimum absolute atomic E-state index is 0.212. The average molecular weight is 332 g/mol. The lowest BCUT2D eigenvalue weighted by Gasteiger charge is -2.29. The second-order valence-electron chi connectivity index (χ2n) is 6.20. The number of pyridine rings is 1. The van der Waals surface area contributed by atoms with Gasteiger partial charge in [0.15, 0.2) is 5.65 Å². The molecule has 0 aromatic carbocycles. The number of piperidine rings is 1. The van der Waals surface area contributed by atoms with Crippen LogP contribution in [-0.4, -0.2) is 57.6 Å². The molecule has 24 heavy (non-hydrogen) atoms. The van der Waals surface area contributed by atoms with E-state index in [1.807, 2.05) is 12.1 Å². The van der Waals surface area contributed by atoms with Crippen LogP contribution in [0, 0.1) is 0 Å². The van der Waals surface area contributed by atoms with Crippen molar-refractivity contribution in [1.29, 1.82) is 0 Å². The maximum atomic E-state index is 12.6. The fraction of sp³-hybridized carbons (Fsp3) is 0.533. The molecule has 0 radical (unpaired) electrons. The smallest absolute Gasteiger partial charge is 0.350 e. The molecule has 0 bridgehead atoms. The van der Waals surface area contributed by atoms with E-state index in [0.29, 0.717) is 12.1 Å². The van der Waals surface area contributed by atoms with Gasteiger partial charge in [-0.2, -0.15) is 0 Å². The largest absolute Gasteiger partial charge is 0.371 e. The third kappa shape index (κ3) is 2.55. The number of rotatable bonds is 2. The lowest BCUT2D eigenvalue weighted by atomic mass is 10.1. The summed E-state index contributed by atoms with van der Waals surface area (Å²) < 4.78 is 2.75. The van der Waals surface area contributed by atoms with E-state index < -0.39 is 12.3 Å². The van der Waals surface area contributed by atoms with Crippen LogP contribution in [0.1, 0.15) is 18.9 Å². The lowest BCUT2D eigenvalue weighted by Crippen LogP contribution is -2.48. The first-order chi connectivity index (χ1) is 11.6. The Balaban J connectivity index is 1.69. The molecule has 2 aromatic rings. The molecule has 4 heterocycles. The first kappa shape index (κ1) is 15.2. The molecule has 2 aliphatic heterocycles. The Morgan fingerprint density at radius 3 is 2.79 bits per heavy atom. The van der Waals surface area contributed by atoms with Gasteiger partial charge in [0.1, 0.15) is 12.3 Å². The van der Waals surface area contributed by atoms with Crippen LogP contribution in [-0.2, 0) is 4.79 Å². The van der Waals surface area contributed by atoms with Gasteiger partial charge in [0.25, 0.3) is 0 Å². The van der Waals surface area contributed by atoms with Crippen LogP contribution < -0.4 is 21.2 Å². The standard InChI is InChI=1S/C15H20N6O3/c22-13-2-1-11(14(23)17-13)21-15(24)20-6-3-10(9-12(20)18-21)19-7-4-16-5-8-19/h3,6,9,11,14,16,23H,1-2,4-5,7-8H2,(H,17,22). The molecule has 9 nitrogen and oxygen atoms in total. The van der Waals surface area contributed by atoms with Crippen molar-refractivity contribution >= 4 is 17.2 Å². The zero-order valence-corrected chi connectivity index (χ0v) is 13.2. The van der Waals surface area contributed by atoms with E-state index in [1.54, 1.807) is 6.20 Å². The molecule has 9 heteroatoms. The summed E-state index contributed by atoms with van der Waals surface area (Å²) in [5.74, 6) is -0.212. The highest BCUT2D eigenvalue weighted by Crippen LogP contribution is 2.21. The summed E-state index contributed by atoms with van der Waals surface area (Å²) in [6.45, 7) is 3.68. The molecule has 2 unspecified atom stereocenters. The van der Waals surface area contributed by atoms with Crippen LogP contribution in [0.2, 0.25) is 0 Å². The molecule has 4 rings (SSSR count). The van der Waals surface area contributed by atoms with Gasteiger partial charge in [-0.1, -0.05) is 0 Å². The Hall–Kier alpha value is -2.39. The number of fused-ring (bicyclic) bond motifs is 1. The van der Waals surface area contributed by atoms with Gasteiger partial charge in [-0.25, -0.2) is 9.48 Å². The Kier molecular flexibility index (Phi) is 3.73. The molecule has 2 aromatic heterocycles. The number of aliphatic hydroxyl groups excluding tert-OH is 1. The first-order valence-electron chi connectivity index (χ1n) is 8.17. The molecule has 0 saturated carbocycles. The number of piperazine rings is 1. The summed E-state index contributed by atoms with van der Waals surface area (Å²) in [6.07, 6.45) is 1.28. The van der Waals surface area contributed by atoms with Gasteiger partial charge in [0.05, 0.1) is 0 Å². The first-order valence-corrected chi connectivity index (χ1v) is 8.17. The van der Waals surface area contributed by atoms with Crippen molar-refractivity contribution in [3.63, 3.8) is 0 Å². The van der Waals surface area contributed by atoms with E-state index in [9.17, 15) is 14.7 Å². The number of amides is 1. The van der Waals surface area contributed by atoms with E-state index in [4.69, 9.17) is 0 Å². The molecule has 0 spiro atoms. The van der Waals surface area contributed by atoms with Crippen molar-refractivity contribution < 1.29 is 9.90 Å². The predicted molar refractivity (Wildman–Crippen MR) is 87.0 cm³/mol. The van der Waals surface area contributed by atoms with E-state index >= 15 is 0 Å². The minimum atomic E-state index is -1.10. The number of aliphatic hydroxyl groups is 1. The second-order valence-corrected chi connectivity index (χ2v) is 6.20. The molecule has 2 fully saturated rings. The highest BCUT2D eigenvalue weighted by atomic mass is 16.3. The SMILES string of the molecule is O=C1CCC(n2nc3cc(N4CCNCC4)ccn3c2=O)C(O)N1. The highest BCUT2D eigenvalue weighted by Gasteiger charge is 2.31. The summed E-state index contributed by atoms with van der Waals surface area (Å²) in [4.78, 5) is 26.1. The second kappa shape index (κ2) is 5.91. The van der Waals surface area contributed by atoms with E-state index in [2.05, 4.69) is 20.6 Å². The fourth-order valence-electron chi connectivity index (χ4n) is 3.34. The van der Waals surface area contributed by atoms with Crippen molar-refractivity contribution in [3.8, 4) is 0 Å². The Bertz CT molecular complexity index is 822. The fourth-order valence-corrected chi connectivity index (χ4v) is 3.34. The zero-order valence-electron chi connectivity index (χ0n) is 13.2. The number of hydrogen-bond donors (Lipinski definition) is 3. The quantitative estimate of drug-likeness (QED) is 0.630. The van der Waals surface area contributed by atoms with Crippen molar-refractivity contribution in [2.45, 2.75) is 25.1 Å². The monoisotopic (exact) mass is 332 g/mol. The average Bonchev–Trinajstić information content (AvgIpc) is 2.92. The molecule has 2 atom stereocenters. The molecular weight excluding hydrogens is 312 g/mol. The molecule has 3 N–H and O–H groups in total. The summed E-state index contributed by atoms with van der Waals surface area (Å²) in [6, 6.07) is 3.25. The summed E-state index contributed by atoms with van der Waals surface area (Å²) >= 11 is 0. The molecule has 0 aliphatic carbocycles. The maximum Gasteiger partial charge on any atom is 0.350 e. The number of aromatic nitrogens is 3. The van der Waals surface area contributed by atoms with Gasteiger partial charge in [0, 0.05) is 50.6 Å². The van der Waals surface area contributed by atoms with Gasteiger partial charge in [-0.3, -0.25) is 9.20 Å². The van der Waals surface area contributed by atoms with Gasteiger partial charge in [-0.05, 0) is 12.5 Å². The van der Waals surface area contributed by atoms with Gasteiger partial charge in [-0.15, -0.1) is 5.10 Å². The molecule has 1 amide bonds. The van der Waals surface area contributed by atoms with Crippen LogP contribution in [0.5, 0.6) is 0 Å². The Morgan fingerprint density at radius 1 is 1.25 bits per heavy atom. The third-order valence-corrected chi connectivity index (χ3v) is 4.67. The minimum Gasteiger partial charge on any atom is -0.371 e. The van der Waals surface area contributed by atoms with Crippen molar-refractivity contribution in [1.82, 2.24) is 24.8 Å². The van der Waals surface area contributed by atoms with Crippen LogP contribution >= 0.6 is 0 Å². The van der Waals surface area contributed by atoms with Crippen LogP contribution in [0.3, 0.4) is 0 Å². The van der Waals surface area contributed by atoms with Crippen molar-refractivity contribution in [2.75, 3.05) is 31.1 Å². The molecule has 128 valence electrons. The molecular formula is C15H20N6O3. The highest BCUT2D eigenvalue weighted by molar-refractivity contribution is 5.76. The maximum absolute atomic E-state index is 12.6. The van der Waals surface area contributed by atoms with Crippen molar-refractivity contribution in [3.05, 3.63) is 28.8 Å². The number of nitrogens with one attached hydrogen (secondary N) is 2. The normalized spacial score (nSPS) is 25.0. The van der Waals surface area contributed by atoms with E-state index in [0.717, 1.165) is 31.9 Å². The summed E-state index contributed by atoms with van der Waals surface area (Å²) in [7, 11) is 0. The topological polar surface area (TPSA) is 104 Å². The van der Waals surface area contributed by atoms with Crippen LogP contribution in [0.25, 0.3) is 5.65 Å². The van der Waals surface area contributed by atoms with Gasteiger partial charge in [0.2, 0.25) is 5.91 Å². The number of anilines is 1. The lowest BCUT2D eigenvalue weighted by molar-refractivity contribution is -0.128. The summed E-state index contributed by atoms with van der Waals surface area (Å²) in [5, 5.41) is 20.2. The zero-order chi connectivity index (χ0) is 16.7. The number of carbonyl (C=O) groups excluding carboxylic acids is 1. The predicted octanol–water partition coefficient (Wildman–Crippen LogP) is -1.32. The third-order valence-electron chi connectivity index (χ3n) is 4.67. The van der Waals surface area contributed by atoms with Crippen LogP contribution in [0.4, 0.5) is 5.69 Å². The van der Waals surface area contributed by atoms with Gasteiger partial charge < -0.3 is 20.6 Å². The number of hydrogen-bond acceptors (Lipinski definition) is 6. The molecule has 2 saturated heterocycles. The Labute approximate surface area is 137 Å². The molecule has 2 aliphatic rings. The number of nitrogens with zero attached hydrogens (tertiary/aromatic N) is 4. The Morgan fingerprint density at radius 2 is 2.04 bits per heavy atom. The van der Waals surface area contributed by atoms with Gasteiger partial charge >= 0.3 is 5.69 Å².